The van der Waals surface area contributed by atoms with Crippen LogP contribution in [0.3, 0.4) is 0 Å². The zero-order chi connectivity index (χ0) is 18.7. The molecule has 0 spiro atoms. The van der Waals surface area contributed by atoms with E-state index < -0.39 is 10.0 Å². The van der Waals surface area contributed by atoms with Crippen LogP contribution in [0, 0.1) is 6.92 Å². The predicted molar refractivity (Wildman–Crippen MR) is 107 cm³/mol. The van der Waals surface area contributed by atoms with Gasteiger partial charge in [0.1, 0.15) is 5.75 Å². The molecule has 0 unspecified atom stereocenters. The van der Waals surface area contributed by atoms with Gasteiger partial charge in [-0.15, -0.1) is 0 Å². The maximum atomic E-state index is 12.7. The van der Waals surface area contributed by atoms with Gasteiger partial charge in [-0.1, -0.05) is 18.2 Å². The number of aromatic hydroxyl groups is 1. The average Bonchev–Trinajstić information content (AvgIpc) is 3.14. The van der Waals surface area contributed by atoms with Crippen LogP contribution >= 0.6 is 12.2 Å². The van der Waals surface area contributed by atoms with Crippen LogP contribution in [0.25, 0.3) is 0 Å². The van der Waals surface area contributed by atoms with Gasteiger partial charge in [0.15, 0.2) is 5.11 Å². The molecule has 1 aliphatic rings. The standard InChI is InChI=1S/C18H21N3O3S2/c1-13-6-2-3-7-15(13)19-18(25)20-16-12-14(8-9-17(16)22)26(23,24)21-10-4-5-11-21/h2-3,6-9,12,22H,4-5,10-11H2,1H3,(H2,19,20,25). The minimum Gasteiger partial charge on any atom is -0.506 e. The summed E-state index contributed by atoms with van der Waals surface area (Å²) in [5, 5.41) is 16.3. The zero-order valence-corrected chi connectivity index (χ0v) is 16.0. The number of nitrogens with zero attached hydrogens (tertiary/aromatic N) is 1. The topological polar surface area (TPSA) is 81.7 Å². The van der Waals surface area contributed by atoms with Gasteiger partial charge in [0.25, 0.3) is 0 Å². The maximum absolute atomic E-state index is 12.7. The van der Waals surface area contributed by atoms with Crippen molar-refractivity contribution in [3.63, 3.8) is 0 Å². The van der Waals surface area contributed by atoms with Gasteiger partial charge in [-0.05, 0) is 61.8 Å². The fraction of sp³-hybridized carbons (Fsp3) is 0.278. The van der Waals surface area contributed by atoms with Crippen LogP contribution in [0.1, 0.15) is 18.4 Å². The van der Waals surface area contributed by atoms with Crippen molar-refractivity contribution in [3.05, 3.63) is 48.0 Å². The first-order chi connectivity index (χ1) is 12.4. The molecule has 0 bridgehead atoms. The summed E-state index contributed by atoms with van der Waals surface area (Å²) in [4.78, 5) is 0.137. The Bertz CT molecular complexity index is 923. The van der Waals surface area contributed by atoms with Gasteiger partial charge < -0.3 is 15.7 Å². The number of benzene rings is 2. The molecular weight excluding hydrogens is 370 g/mol. The molecule has 0 aromatic heterocycles. The molecule has 2 aromatic carbocycles. The molecule has 1 aliphatic heterocycles. The van der Waals surface area contributed by atoms with E-state index in [1.807, 2.05) is 31.2 Å². The largest absolute Gasteiger partial charge is 0.506 e. The van der Waals surface area contributed by atoms with E-state index in [0.29, 0.717) is 13.1 Å². The van der Waals surface area contributed by atoms with Gasteiger partial charge in [0.2, 0.25) is 10.0 Å². The lowest BCUT2D eigenvalue weighted by molar-refractivity contribution is 0.473. The van der Waals surface area contributed by atoms with Crippen molar-refractivity contribution in [2.45, 2.75) is 24.7 Å². The van der Waals surface area contributed by atoms with Crippen molar-refractivity contribution in [2.24, 2.45) is 0 Å². The number of nitrogens with one attached hydrogen (secondary N) is 2. The van der Waals surface area contributed by atoms with Crippen LogP contribution in [0.5, 0.6) is 5.75 Å². The SMILES string of the molecule is Cc1ccccc1NC(=S)Nc1cc(S(=O)(=O)N2CCCC2)ccc1O. The number of thiocarbonyl (C=S) groups is 1. The van der Waals surface area contributed by atoms with Crippen molar-refractivity contribution in [2.75, 3.05) is 23.7 Å². The van der Waals surface area contributed by atoms with E-state index in [0.717, 1.165) is 24.1 Å². The van der Waals surface area contributed by atoms with Gasteiger partial charge in [0, 0.05) is 18.8 Å². The van der Waals surface area contributed by atoms with Gasteiger partial charge >= 0.3 is 0 Å². The van der Waals surface area contributed by atoms with Crippen molar-refractivity contribution in [1.29, 1.82) is 0 Å². The molecule has 138 valence electrons. The van der Waals surface area contributed by atoms with E-state index in [2.05, 4.69) is 10.6 Å². The normalized spacial score (nSPS) is 15.0. The smallest absolute Gasteiger partial charge is 0.243 e. The second kappa shape index (κ2) is 7.61. The molecule has 0 amide bonds. The van der Waals surface area contributed by atoms with Crippen molar-refractivity contribution < 1.29 is 13.5 Å². The number of hydrogen-bond donors (Lipinski definition) is 3. The Hall–Kier alpha value is -2.16. The Kier molecular flexibility index (Phi) is 5.45. The summed E-state index contributed by atoms with van der Waals surface area (Å²) < 4.78 is 26.8. The highest BCUT2D eigenvalue weighted by molar-refractivity contribution is 7.89. The summed E-state index contributed by atoms with van der Waals surface area (Å²) in [7, 11) is -3.56. The summed E-state index contributed by atoms with van der Waals surface area (Å²) in [6.45, 7) is 3.00. The predicted octanol–water partition coefficient (Wildman–Crippen LogP) is 3.29. The summed E-state index contributed by atoms with van der Waals surface area (Å²) >= 11 is 5.29. The fourth-order valence-electron chi connectivity index (χ4n) is 2.84. The number of rotatable bonds is 4. The summed E-state index contributed by atoms with van der Waals surface area (Å²) in [5.41, 5.74) is 2.10. The third kappa shape index (κ3) is 3.98. The molecule has 6 nitrogen and oxygen atoms in total. The van der Waals surface area contributed by atoms with Gasteiger partial charge in [0.05, 0.1) is 10.6 Å². The summed E-state index contributed by atoms with van der Waals surface area (Å²) in [5.74, 6) is -0.0701. The fourth-order valence-corrected chi connectivity index (χ4v) is 4.61. The Morgan fingerprint density at radius 1 is 1.08 bits per heavy atom. The number of phenols is 1. The van der Waals surface area contributed by atoms with Crippen LogP contribution in [-0.2, 0) is 10.0 Å². The summed E-state index contributed by atoms with van der Waals surface area (Å²) in [6.07, 6.45) is 1.74. The highest BCUT2D eigenvalue weighted by Crippen LogP contribution is 2.29. The molecule has 0 atom stereocenters. The molecule has 3 rings (SSSR count). The van der Waals surface area contributed by atoms with E-state index >= 15 is 0 Å². The van der Waals surface area contributed by atoms with Crippen molar-refractivity contribution >= 4 is 38.7 Å². The first kappa shape index (κ1) is 18.6. The minimum absolute atomic E-state index is 0.0701. The molecular formula is C18H21N3O3S2. The van der Waals surface area contributed by atoms with E-state index in [1.165, 1.54) is 22.5 Å². The van der Waals surface area contributed by atoms with Crippen LogP contribution in [0.2, 0.25) is 0 Å². The number of phenolic OH excluding ortho intramolecular Hbond substituents is 1. The molecule has 8 heteroatoms. The third-order valence-corrected chi connectivity index (χ3v) is 6.41. The molecule has 3 N–H and O–H groups in total. The molecule has 26 heavy (non-hydrogen) atoms. The lowest BCUT2D eigenvalue weighted by Gasteiger charge is -2.17. The van der Waals surface area contributed by atoms with E-state index in [-0.39, 0.29) is 21.4 Å². The van der Waals surface area contributed by atoms with Crippen molar-refractivity contribution in [3.8, 4) is 5.75 Å². The number of hydrogen-bond acceptors (Lipinski definition) is 4. The van der Waals surface area contributed by atoms with Crippen LogP contribution in [-0.4, -0.2) is 36.0 Å². The maximum Gasteiger partial charge on any atom is 0.243 e. The molecule has 0 radical (unpaired) electrons. The second-order valence-corrected chi connectivity index (χ2v) is 8.53. The van der Waals surface area contributed by atoms with Gasteiger partial charge in [-0.2, -0.15) is 4.31 Å². The van der Waals surface area contributed by atoms with Gasteiger partial charge in [-0.25, -0.2) is 8.42 Å². The van der Waals surface area contributed by atoms with E-state index in [4.69, 9.17) is 12.2 Å². The number of aryl methyl sites for hydroxylation is 1. The van der Waals surface area contributed by atoms with E-state index in [1.54, 1.807) is 0 Å². The van der Waals surface area contributed by atoms with Crippen LogP contribution < -0.4 is 10.6 Å². The highest BCUT2D eigenvalue weighted by Gasteiger charge is 2.27. The number of anilines is 2. The lowest BCUT2D eigenvalue weighted by Crippen LogP contribution is -2.28. The Morgan fingerprint density at radius 2 is 1.73 bits per heavy atom. The molecule has 1 fully saturated rings. The second-order valence-electron chi connectivity index (χ2n) is 6.18. The average molecular weight is 392 g/mol. The third-order valence-electron chi connectivity index (χ3n) is 4.31. The Morgan fingerprint density at radius 3 is 2.42 bits per heavy atom. The molecule has 0 saturated carbocycles. The quantitative estimate of drug-likeness (QED) is 0.548. The molecule has 1 saturated heterocycles. The Labute approximate surface area is 158 Å². The number of sulfonamides is 1. The zero-order valence-electron chi connectivity index (χ0n) is 14.4. The number of para-hydroxylation sites is 1. The van der Waals surface area contributed by atoms with Crippen LogP contribution in [0.4, 0.5) is 11.4 Å². The monoisotopic (exact) mass is 391 g/mol. The van der Waals surface area contributed by atoms with Gasteiger partial charge in [-0.3, -0.25) is 0 Å². The molecule has 2 aromatic rings. The highest BCUT2D eigenvalue weighted by atomic mass is 32.2. The molecule has 0 aliphatic carbocycles. The summed E-state index contributed by atoms with van der Waals surface area (Å²) in [6, 6.07) is 11.8. The van der Waals surface area contributed by atoms with Crippen LogP contribution in [0.15, 0.2) is 47.4 Å². The Balaban J connectivity index is 1.80. The lowest BCUT2D eigenvalue weighted by atomic mass is 10.2. The minimum atomic E-state index is -3.56. The first-order valence-electron chi connectivity index (χ1n) is 8.35. The van der Waals surface area contributed by atoms with E-state index in [9.17, 15) is 13.5 Å². The molecule has 1 heterocycles. The first-order valence-corrected chi connectivity index (χ1v) is 10.2. The van der Waals surface area contributed by atoms with Crippen molar-refractivity contribution in [1.82, 2.24) is 4.31 Å².